The molecule has 0 saturated heterocycles. The number of rotatable bonds is 2. The Bertz CT molecular complexity index is 1280. The standard InChI is InChI=1S/C22H15IN2O/c1-26-15-11-12-16-17(13-15)22-24-18-9-5-6-10-19(18)25(22)21(20(16)23)14-7-3-2-4-8-14/h2-13H,1H3. The molecule has 0 fully saturated rings. The van der Waals surface area contributed by atoms with Gasteiger partial charge < -0.3 is 4.74 Å². The second-order valence-corrected chi connectivity index (χ2v) is 7.28. The first-order valence-electron chi connectivity index (χ1n) is 8.40. The highest BCUT2D eigenvalue weighted by atomic mass is 127. The van der Waals surface area contributed by atoms with Crippen LogP contribution in [0, 0.1) is 3.57 Å². The van der Waals surface area contributed by atoms with E-state index in [0.29, 0.717) is 0 Å². The van der Waals surface area contributed by atoms with Crippen LogP contribution in [0.5, 0.6) is 5.75 Å². The monoisotopic (exact) mass is 450 g/mol. The summed E-state index contributed by atoms with van der Waals surface area (Å²) in [4.78, 5) is 4.95. The molecule has 126 valence electrons. The number of imidazole rings is 1. The van der Waals surface area contributed by atoms with E-state index in [9.17, 15) is 0 Å². The highest BCUT2D eigenvalue weighted by molar-refractivity contribution is 14.1. The smallest absolute Gasteiger partial charge is 0.146 e. The van der Waals surface area contributed by atoms with Crippen LogP contribution in [0.1, 0.15) is 0 Å². The van der Waals surface area contributed by atoms with Crippen LogP contribution in [0.15, 0.2) is 72.8 Å². The summed E-state index contributed by atoms with van der Waals surface area (Å²) >= 11 is 2.45. The van der Waals surface area contributed by atoms with Gasteiger partial charge in [-0.05, 0) is 58.5 Å². The number of hydrogen-bond acceptors (Lipinski definition) is 2. The lowest BCUT2D eigenvalue weighted by atomic mass is 10.1. The van der Waals surface area contributed by atoms with Crippen molar-refractivity contribution < 1.29 is 4.74 Å². The molecule has 0 amide bonds. The molecule has 4 heteroatoms. The largest absolute Gasteiger partial charge is 0.497 e. The molecule has 0 aliphatic carbocycles. The number of nitrogens with zero attached hydrogens (tertiary/aromatic N) is 2. The van der Waals surface area contributed by atoms with Crippen LogP contribution in [0.3, 0.4) is 0 Å². The van der Waals surface area contributed by atoms with E-state index in [-0.39, 0.29) is 0 Å². The van der Waals surface area contributed by atoms with Crippen LogP contribution >= 0.6 is 22.6 Å². The number of ether oxygens (including phenoxy) is 1. The van der Waals surface area contributed by atoms with Gasteiger partial charge in [0.2, 0.25) is 0 Å². The van der Waals surface area contributed by atoms with Crippen molar-refractivity contribution in [1.29, 1.82) is 0 Å². The van der Waals surface area contributed by atoms with Crippen LogP contribution in [0.25, 0.3) is 38.7 Å². The predicted molar refractivity (Wildman–Crippen MR) is 115 cm³/mol. The summed E-state index contributed by atoms with van der Waals surface area (Å²) in [5.41, 5.74) is 5.43. The predicted octanol–water partition coefficient (Wildman–Crippen LogP) is 5.92. The molecule has 0 bridgehead atoms. The topological polar surface area (TPSA) is 26.5 Å². The summed E-state index contributed by atoms with van der Waals surface area (Å²) < 4.78 is 8.94. The molecule has 3 aromatic carbocycles. The first-order valence-corrected chi connectivity index (χ1v) is 9.47. The molecular formula is C22H15IN2O. The van der Waals surface area contributed by atoms with Crippen LogP contribution in [-0.4, -0.2) is 16.5 Å². The highest BCUT2D eigenvalue weighted by Gasteiger charge is 2.18. The van der Waals surface area contributed by atoms with Gasteiger partial charge in [-0.2, -0.15) is 0 Å². The third kappa shape index (κ3) is 2.22. The van der Waals surface area contributed by atoms with Gasteiger partial charge in [0.25, 0.3) is 0 Å². The van der Waals surface area contributed by atoms with Gasteiger partial charge in [0.1, 0.15) is 11.4 Å². The molecule has 2 aromatic heterocycles. The lowest BCUT2D eigenvalue weighted by Crippen LogP contribution is -1.98. The number of aromatic nitrogens is 2. The maximum absolute atomic E-state index is 5.46. The van der Waals surface area contributed by atoms with Crippen molar-refractivity contribution >= 4 is 50.0 Å². The van der Waals surface area contributed by atoms with Crippen molar-refractivity contribution in [3.8, 4) is 17.0 Å². The quantitative estimate of drug-likeness (QED) is 0.312. The van der Waals surface area contributed by atoms with Gasteiger partial charge in [0, 0.05) is 14.3 Å². The average molecular weight is 450 g/mol. The Labute approximate surface area is 164 Å². The van der Waals surface area contributed by atoms with Crippen LogP contribution in [0.2, 0.25) is 0 Å². The Kier molecular flexibility index (Phi) is 3.60. The van der Waals surface area contributed by atoms with Crippen molar-refractivity contribution in [2.75, 3.05) is 7.11 Å². The molecular weight excluding hydrogens is 435 g/mol. The molecule has 26 heavy (non-hydrogen) atoms. The van der Waals surface area contributed by atoms with Crippen molar-refractivity contribution in [3.05, 3.63) is 76.4 Å². The van der Waals surface area contributed by atoms with Gasteiger partial charge in [0.05, 0.1) is 23.8 Å². The zero-order chi connectivity index (χ0) is 17.7. The lowest BCUT2D eigenvalue weighted by Gasteiger charge is -2.14. The molecule has 3 nitrogen and oxygen atoms in total. The number of methoxy groups -OCH3 is 1. The molecule has 2 heterocycles. The van der Waals surface area contributed by atoms with E-state index in [2.05, 4.69) is 81.6 Å². The van der Waals surface area contributed by atoms with E-state index < -0.39 is 0 Å². The Morgan fingerprint density at radius 3 is 2.46 bits per heavy atom. The number of para-hydroxylation sites is 2. The van der Waals surface area contributed by atoms with Crippen LogP contribution in [0.4, 0.5) is 0 Å². The number of benzene rings is 3. The normalized spacial score (nSPS) is 11.5. The number of pyridine rings is 1. The maximum atomic E-state index is 5.46. The van der Waals surface area contributed by atoms with E-state index in [1.54, 1.807) is 7.11 Å². The third-order valence-electron chi connectivity index (χ3n) is 4.74. The van der Waals surface area contributed by atoms with E-state index in [1.165, 1.54) is 20.2 Å². The minimum atomic E-state index is 0.842. The summed E-state index contributed by atoms with van der Waals surface area (Å²) in [6, 6.07) is 25.0. The Morgan fingerprint density at radius 1 is 0.885 bits per heavy atom. The highest BCUT2D eigenvalue weighted by Crippen LogP contribution is 2.37. The minimum Gasteiger partial charge on any atom is -0.497 e. The van der Waals surface area contributed by atoms with Gasteiger partial charge in [-0.25, -0.2) is 4.98 Å². The van der Waals surface area contributed by atoms with Crippen LogP contribution in [-0.2, 0) is 0 Å². The molecule has 0 N–H and O–H groups in total. The first-order chi connectivity index (χ1) is 12.8. The second kappa shape index (κ2) is 5.99. The zero-order valence-electron chi connectivity index (χ0n) is 14.1. The zero-order valence-corrected chi connectivity index (χ0v) is 16.3. The molecule has 0 unspecified atom stereocenters. The van der Waals surface area contributed by atoms with Crippen molar-refractivity contribution in [2.45, 2.75) is 0 Å². The second-order valence-electron chi connectivity index (χ2n) is 6.20. The fraction of sp³-hybridized carbons (Fsp3) is 0.0455. The summed E-state index contributed by atoms with van der Waals surface area (Å²) in [6.45, 7) is 0. The van der Waals surface area contributed by atoms with E-state index >= 15 is 0 Å². The fourth-order valence-corrected chi connectivity index (χ4v) is 4.56. The van der Waals surface area contributed by atoms with Crippen LogP contribution < -0.4 is 4.74 Å². The molecule has 5 rings (SSSR count). The average Bonchev–Trinajstić information content (AvgIpc) is 3.08. The lowest BCUT2D eigenvalue weighted by molar-refractivity contribution is 0.415. The summed E-state index contributed by atoms with van der Waals surface area (Å²) in [7, 11) is 1.70. The Hall–Kier alpha value is -2.60. The Morgan fingerprint density at radius 2 is 1.65 bits per heavy atom. The molecule has 0 saturated carbocycles. The van der Waals surface area contributed by atoms with E-state index in [1.807, 2.05) is 18.2 Å². The van der Waals surface area contributed by atoms with Crippen molar-refractivity contribution in [2.24, 2.45) is 0 Å². The molecule has 0 spiro atoms. The minimum absolute atomic E-state index is 0.842. The summed E-state index contributed by atoms with van der Waals surface area (Å²) in [5.74, 6) is 0.842. The van der Waals surface area contributed by atoms with Crippen molar-refractivity contribution in [3.63, 3.8) is 0 Å². The van der Waals surface area contributed by atoms with Gasteiger partial charge in [-0.3, -0.25) is 4.40 Å². The molecule has 0 aliphatic heterocycles. The van der Waals surface area contributed by atoms with E-state index in [4.69, 9.17) is 9.72 Å². The van der Waals surface area contributed by atoms with Gasteiger partial charge in [-0.15, -0.1) is 0 Å². The fourth-order valence-electron chi connectivity index (χ4n) is 3.54. The Balaban J connectivity index is 2.07. The SMILES string of the molecule is COc1ccc2c(I)c(-c3ccccc3)n3c4ccccc4nc3c2c1. The first kappa shape index (κ1) is 15.6. The number of halogens is 1. The molecule has 0 atom stereocenters. The molecule has 5 aromatic rings. The molecule has 0 radical (unpaired) electrons. The maximum Gasteiger partial charge on any atom is 0.146 e. The van der Waals surface area contributed by atoms with Crippen molar-refractivity contribution in [1.82, 2.24) is 9.38 Å². The third-order valence-corrected chi connectivity index (χ3v) is 5.84. The number of hydrogen-bond donors (Lipinski definition) is 0. The van der Waals surface area contributed by atoms with Gasteiger partial charge >= 0.3 is 0 Å². The summed E-state index contributed by atoms with van der Waals surface area (Å²) in [5, 5.41) is 2.29. The van der Waals surface area contributed by atoms with Gasteiger partial charge in [-0.1, -0.05) is 42.5 Å². The molecule has 0 aliphatic rings. The number of fused-ring (bicyclic) bond motifs is 5. The summed E-state index contributed by atoms with van der Waals surface area (Å²) in [6.07, 6.45) is 0. The van der Waals surface area contributed by atoms with E-state index in [0.717, 1.165) is 27.8 Å². The van der Waals surface area contributed by atoms with Gasteiger partial charge in [0.15, 0.2) is 0 Å².